The first-order chi connectivity index (χ1) is 15.6. The third-order valence-electron chi connectivity index (χ3n) is 7.04. The summed E-state index contributed by atoms with van der Waals surface area (Å²) in [6, 6.07) is 8.74. The SMILES string of the molecule is NC[C@]1(c2ccccc2F)[C@@H]2CCN(c3cnc4c(-c5ccnc(N)n5)n[nH]c4n3)C[C@@H]21. The molecule has 4 heterocycles. The molecule has 1 aromatic carbocycles. The van der Waals surface area contributed by atoms with Crippen molar-refractivity contribution in [3.8, 4) is 11.4 Å². The molecule has 3 atom stereocenters. The number of nitrogens with one attached hydrogen (secondary N) is 1. The molecule has 6 rings (SSSR count). The summed E-state index contributed by atoms with van der Waals surface area (Å²) in [4.78, 5) is 19.7. The highest BCUT2D eigenvalue weighted by atomic mass is 19.1. The zero-order valence-electron chi connectivity index (χ0n) is 17.2. The van der Waals surface area contributed by atoms with E-state index in [-0.39, 0.29) is 23.1 Å². The van der Waals surface area contributed by atoms with E-state index in [9.17, 15) is 4.39 Å². The number of hydrogen-bond acceptors (Lipinski definition) is 8. The van der Waals surface area contributed by atoms with E-state index in [4.69, 9.17) is 16.5 Å². The minimum atomic E-state index is -0.300. The fourth-order valence-corrected chi connectivity index (χ4v) is 5.47. The lowest BCUT2D eigenvalue weighted by Gasteiger charge is -2.26. The molecule has 162 valence electrons. The van der Waals surface area contributed by atoms with Gasteiger partial charge in [0.2, 0.25) is 5.95 Å². The number of rotatable bonds is 4. The summed E-state index contributed by atoms with van der Waals surface area (Å²) in [5.41, 5.74) is 14.7. The minimum Gasteiger partial charge on any atom is -0.368 e. The van der Waals surface area contributed by atoms with Gasteiger partial charge in [0.25, 0.3) is 0 Å². The Hall–Kier alpha value is -3.66. The van der Waals surface area contributed by atoms with Gasteiger partial charge in [-0.25, -0.2) is 24.3 Å². The zero-order valence-corrected chi connectivity index (χ0v) is 17.2. The number of nitrogens with two attached hydrogens (primary N) is 2. The quantitative estimate of drug-likeness (QED) is 0.446. The second-order valence-electron chi connectivity index (χ2n) is 8.47. The van der Waals surface area contributed by atoms with Gasteiger partial charge in [0.05, 0.1) is 11.9 Å². The normalized spacial score (nSPS) is 24.5. The van der Waals surface area contributed by atoms with Crippen molar-refractivity contribution < 1.29 is 4.39 Å². The number of H-pyrrole nitrogens is 1. The van der Waals surface area contributed by atoms with E-state index >= 15 is 0 Å². The number of aromatic amines is 1. The average molecular weight is 431 g/mol. The van der Waals surface area contributed by atoms with E-state index in [0.29, 0.717) is 35.0 Å². The van der Waals surface area contributed by atoms with Crippen LogP contribution in [0.4, 0.5) is 16.2 Å². The molecule has 1 saturated carbocycles. The number of nitrogen functional groups attached to an aromatic ring is 1. The van der Waals surface area contributed by atoms with Crippen molar-refractivity contribution in [1.82, 2.24) is 30.1 Å². The first-order valence-electron chi connectivity index (χ1n) is 10.6. The van der Waals surface area contributed by atoms with Crippen LogP contribution in [0.5, 0.6) is 0 Å². The van der Waals surface area contributed by atoms with Gasteiger partial charge in [0.1, 0.15) is 22.8 Å². The second-order valence-corrected chi connectivity index (χ2v) is 8.47. The van der Waals surface area contributed by atoms with E-state index in [1.54, 1.807) is 24.5 Å². The number of hydrogen-bond donors (Lipinski definition) is 3. The third-order valence-corrected chi connectivity index (χ3v) is 7.04. The summed E-state index contributed by atoms with van der Waals surface area (Å²) in [5.74, 6) is 1.44. The van der Waals surface area contributed by atoms with E-state index in [1.165, 1.54) is 6.07 Å². The van der Waals surface area contributed by atoms with Gasteiger partial charge in [-0.15, -0.1) is 0 Å². The van der Waals surface area contributed by atoms with Crippen LogP contribution in [0.2, 0.25) is 0 Å². The second kappa shape index (κ2) is 6.92. The number of nitrogens with zero attached hydrogens (tertiary/aromatic N) is 6. The minimum absolute atomic E-state index is 0.171. The molecule has 2 fully saturated rings. The largest absolute Gasteiger partial charge is 0.368 e. The van der Waals surface area contributed by atoms with Crippen molar-refractivity contribution in [2.75, 3.05) is 30.3 Å². The van der Waals surface area contributed by atoms with Crippen molar-refractivity contribution in [2.45, 2.75) is 11.8 Å². The summed E-state index contributed by atoms with van der Waals surface area (Å²) in [6.45, 7) is 2.02. The fraction of sp³-hybridized carbons (Fsp3) is 0.318. The molecule has 0 bridgehead atoms. The summed E-state index contributed by atoms with van der Waals surface area (Å²) >= 11 is 0. The highest BCUT2D eigenvalue weighted by molar-refractivity contribution is 5.86. The standard InChI is InChI=1S/C22H22FN9/c23-15-4-2-1-3-13(15)22(11-24)12-6-8-32(10-14(12)22)17-9-27-19-18(30-31-20(19)29-17)16-5-7-26-21(25)28-16/h1-5,7,9,12,14H,6,8,10-11,24H2,(H2,25,26,28)(H,29,30,31)/t12-,14+,22-/m1/s1. The third kappa shape index (κ3) is 2.69. The lowest BCUT2D eigenvalue weighted by atomic mass is 9.91. The topological polar surface area (TPSA) is 136 Å². The maximum Gasteiger partial charge on any atom is 0.220 e. The lowest BCUT2D eigenvalue weighted by Crippen LogP contribution is -2.32. The number of benzene rings is 1. The number of halogens is 1. The Bertz CT molecular complexity index is 1320. The molecule has 0 radical (unpaired) electrons. The Morgan fingerprint density at radius 2 is 2.03 bits per heavy atom. The molecule has 9 nitrogen and oxygen atoms in total. The van der Waals surface area contributed by atoms with Gasteiger partial charge in [-0.1, -0.05) is 18.2 Å². The van der Waals surface area contributed by atoms with Crippen molar-refractivity contribution >= 4 is 22.9 Å². The highest BCUT2D eigenvalue weighted by Gasteiger charge is 2.66. The number of fused-ring (bicyclic) bond motifs is 2. The predicted molar refractivity (Wildman–Crippen MR) is 118 cm³/mol. The predicted octanol–water partition coefficient (Wildman–Crippen LogP) is 1.88. The molecule has 4 aromatic rings. The van der Waals surface area contributed by atoms with Gasteiger partial charge in [0.15, 0.2) is 5.65 Å². The van der Waals surface area contributed by atoms with Gasteiger partial charge in [0, 0.05) is 31.2 Å². The molecular weight excluding hydrogens is 409 g/mol. The Kier molecular flexibility index (Phi) is 4.12. The molecule has 0 unspecified atom stereocenters. The summed E-state index contributed by atoms with van der Waals surface area (Å²) in [7, 11) is 0. The molecule has 3 aromatic heterocycles. The van der Waals surface area contributed by atoms with Crippen molar-refractivity contribution in [3.05, 3.63) is 54.1 Å². The molecule has 32 heavy (non-hydrogen) atoms. The van der Waals surface area contributed by atoms with E-state index in [0.717, 1.165) is 30.9 Å². The van der Waals surface area contributed by atoms with Crippen molar-refractivity contribution in [1.29, 1.82) is 0 Å². The molecular formula is C22H22FN9. The molecule has 1 aliphatic carbocycles. The average Bonchev–Trinajstić information content (AvgIpc) is 3.27. The van der Waals surface area contributed by atoms with E-state index in [2.05, 4.69) is 30.0 Å². The Morgan fingerprint density at radius 3 is 2.84 bits per heavy atom. The van der Waals surface area contributed by atoms with Crippen LogP contribution < -0.4 is 16.4 Å². The maximum atomic E-state index is 14.6. The van der Waals surface area contributed by atoms with Crippen LogP contribution in [0.15, 0.2) is 42.7 Å². The van der Waals surface area contributed by atoms with Gasteiger partial charge in [-0.2, -0.15) is 5.10 Å². The highest BCUT2D eigenvalue weighted by Crippen LogP contribution is 2.63. The van der Waals surface area contributed by atoms with Gasteiger partial charge < -0.3 is 16.4 Å². The van der Waals surface area contributed by atoms with E-state index < -0.39 is 0 Å². The van der Waals surface area contributed by atoms with Gasteiger partial charge in [-0.05, 0) is 36.0 Å². The fourth-order valence-electron chi connectivity index (χ4n) is 5.47. The van der Waals surface area contributed by atoms with Gasteiger partial charge in [-0.3, -0.25) is 5.10 Å². The molecule has 0 amide bonds. The zero-order chi connectivity index (χ0) is 21.9. The first kappa shape index (κ1) is 19.1. The smallest absolute Gasteiger partial charge is 0.220 e. The molecule has 1 aliphatic heterocycles. The lowest BCUT2D eigenvalue weighted by molar-refractivity contribution is 0.533. The summed E-state index contributed by atoms with van der Waals surface area (Å²) < 4.78 is 14.6. The number of aromatic nitrogens is 6. The number of piperidine rings is 1. The van der Waals surface area contributed by atoms with Crippen LogP contribution in [-0.4, -0.2) is 49.8 Å². The van der Waals surface area contributed by atoms with Crippen LogP contribution in [0.1, 0.15) is 12.0 Å². The Labute approximate surface area is 183 Å². The van der Waals surface area contributed by atoms with Crippen LogP contribution in [0, 0.1) is 17.7 Å². The first-order valence-corrected chi connectivity index (χ1v) is 10.6. The van der Waals surface area contributed by atoms with Crippen molar-refractivity contribution in [2.24, 2.45) is 17.6 Å². The summed E-state index contributed by atoms with van der Waals surface area (Å²) in [6.07, 6.45) is 4.27. The van der Waals surface area contributed by atoms with Crippen LogP contribution >= 0.6 is 0 Å². The maximum absolute atomic E-state index is 14.6. The Balaban J connectivity index is 1.29. The van der Waals surface area contributed by atoms with Crippen LogP contribution in [0.25, 0.3) is 22.6 Å². The van der Waals surface area contributed by atoms with E-state index in [1.807, 2.05) is 12.1 Å². The Morgan fingerprint density at radius 1 is 1.16 bits per heavy atom. The van der Waals surface area contributed by atoms with Gasteiger partial charge >= 0.3 is 0 Å². The number of anilines is 2. The van der Waals surface area contributed by atoms with Crippen molar-refractivity contribution in [3.63, 3.8) is 0 Å². The molecule has 5 N–H and O–H groups in total. The molecule has 10 heteroatoms. The van der Waals surface area contributed by atoms with Crippen LogP contribution in [0.3, 0.4) is 0 Å². The molecule has 1 saturated heterocycles. The monoisotopic (exact) mass is 431 g/mol. The molecule has 2 aliphatic rings. The van der Waals surface area contributed by atoms with Crippen LogP contribution in [-0.2, 0) is 5.41 Å². The summed E-state index contributed by atoms with van der Waals surface area (Å²) in [5, 5.41) is 7.28. The molecule has 0 spiro atoms.